The van der Waals surface area contributed by atoms with Crippen LogP contribution in [0.2, 0.25) is 0 Å². The molecule has 4 rings (SSSR count). The molecule has 7 nitrogen and oxygen atoms in total. The standard InChI is InChI=1S/C23H29N3O4S/c1-14-8-15(2)26(23(29)24-14)13-22(28)25-11-16-9-18(27)20(10-17(16)12-25)30-19-6-4-5-7-21(19)31-3/h4-8,16-18,20,27H,9-13H2,1-3H3/t16-,17+,18+,20+/m0/s1. The van der Waals surface area contributed by atoms with E-state index in [9.17, 15) is 14.7 Å². The van der Waals surface area contributed by atoms with Crippen molar-refractivity contribution < 1.29 is 14.6 Å². The van der Waals surface area contributed by atoms with Crippen molar-refractivity contribution in [3.63, 3.8) is 0 Å². The van der Waals surface area contributed by atoms with Crippen LogP contribution in [-0.2, 0) is 11.3 Å². The maximum atomic E-state index is 12.9. The van der Waals surface area contributed by atoms with Crippen LogP contribution in [0.15, 0.2) is 40.0 Å². The molecule has 2 aromatic rings. The van der Waals surface area contributed by atoms with Gasteiger partial charge < -0.3 is 14.7 Å². The van der Waals surface area contributed by atoms with Gasteiger partial charge in [0.05, 0.1) is 6.10 Å². The van der Waals surface area contributed by atoms with Crippen molar-refractivity contribution in [3.05, 3.63) is 52.2 Å². The van der Waals surface area contributed by atoms with E-state index in [4.69, 9.17) is 4.74 Å². The lowest BCUT2D eigenvalue weighted by atomic mass is 9.78. The van der Waals surface area contributed by atoms with E-state index in [0.717, 1.165) is 16.3 Å². The normalized spacial score (nSPS) is 25.4. The molecule has 0 unspecified atom stereocenters. The summed E-state index contributed by atoms with van der Waals surface area (Å²) in [6.45, 7) is 4.83. The van der Waals surface area contributed by atoms with Gasteiger partial charge in [0.1, 0.15) is 18.4 Å². The summed E-state index contributed by atoms with van der Waals surface area (Å²) in [4.78, 5) is 32.0. The topological polar surface area (TPSA) is 84.7 Å². The summed E-state index contributed by atoms with van der Waals surface area (Å²) < 4.78 is 7.63. The summed E-state index contributed by atoms with van der Waals surface area (Å²) in [5.74, 6) is 1.26. The van der Waals surface area contributed by atoms with Gasteiger partial charge in [-0.05, 0) is 63.0 Å². The van der Waals surface area contributed by atoms with Gasteiger partial charge in [-0.3, -0.25) is 9.36 Å². The fourth-order valence-corrected chi connectivity index (χ4v) is 5.33. The zero-order valence-corrected chi connectivity index (χ0v) is 19.0. The number of thioether (sulfide) groups is 1. The molecule has 4 atom stereocenters. The molecule has 1 N–H and O–H groups in total. The first-order valence-electron chi connectivity index (χ1n) is 10.7. The number of aromatic nitrogens is 2. The van der Waals surface area contributed by atoms with Crippen LogP contribution >= 0.6 is 11.8 Å². The molecular weight excluding hydrogens is 414 g/mol. The van der Waals surface area contributed by atoms with Crippen LogP contribution in [-0.4, -0.2) is 57.0 Å². The summed E-state index contributed by atoms with van der Waals surface area (Å²) in [7, 11) is 0. The van der Waals surface area contributed by atoms with Gasteiger partial charge in [0, 0.05) is 29.4 Å². The number of carbonyl (C=O) groups is 1. The number of nitrogens with zero attached hydrogens (tertiary/aromatic N) is 3. The number of rotatable bonds is 5. The number of hydrogen-bond donors (Lipinski definition) is 1. The van der Waals surface area contributed by atoms with Gasteiger partial charge in [-0.1, -0.05) is 12.1 Å². The molecule has 2 fully saturated rings. The van der Waals surface area contributed by atoms with Crippen LogP contribution in [0.5, 0.6) is 5.75 Å². The predicted molar refractivity (Wildman–Crippen MR) is 119 cm³/mol. The molecule has 1 aromatic heterocycles. The fourth-order valence-electron chi connectivity index (χ4n) is 4.80. The molecular formula is C23H29N3O4S. The first-order chi connectivity index (χ1) is 14.9. The maximum Gasteiger partial charge on any atom is 0.348 e. The average Bonchev–Trinajstić information content (AvgIpc) is 3.14. The molecule has 1 amide bonds. The largest absolute Gasteiger partial charge is 0.487 e. The Bertz CT molecular complexity index is 1020. The van der Waals surface area contributed by atoms with Gasteiger partial charge in [-0.25, -0.2) is 4.79 Å². The van der Waals surface area contributed by atoms with E-state index in [1.165, 1.54) is 4.57 Å². The van der Waals surface area contributed by atoms with Gasteiger partial charge in [-0.2, -0.15) is 4.98 Å². The van der Waals surface area contributed by atoms with Crippen LogP contribution < -0.4 is 10.4 Å². The molecule has 1 aromatic carbocycles. The number of ether oxygens (including phenoxy) is 1. The molecule has 166 valence electrons. The zero-order chi connectivity index (χ0) is 22.1. The number of aliphatic hydroxyl groups is 1. The highest BCUT2D eigenvalue weighted by Gasteiger charge is 2.44. The van der Waals surface area contributed by atoms with Crippen molar-refractivity contribution in [2.24, 2.45) is 11.8 Å². The van der Waals surface area contributed by atoms with E-state index in [1.807, 2.05) is 48.4 Å². The third kappa shape index (κ3) is 4.65. The molecule has 1 saturated heterocycles. The molecule has 8 heteroatoms. The van der Waals surface area contributed by atoms with Gasteiger partial charge in [0.25, 0.3) is 0 Å². The Kier molecular flexibility index (Phi) is 6.39. The fraction of sp³-hybridized carbons (Fsp3) is 0.522. The average molecular weight is 444 g/mol. The Hall–Kier alpha value is -2.32. The second-order valence-electron chi connectivity index (χ2n) is 8.57. The zero-order valence-electron chi connectivity index (χ0n) is 18.2. The first-order valence-corrected chi connectivity index (χ1v) is 11.9. The number of hydrogen-bond acceptors (Lipinski definition) is 6. The second kappa shape index (κ2) is 9.04. The molecule has 0 radical (unpaired) electrons. The van der Waals surface area contributed by atoms with E-state index in [1.54, 1.807) is 18.7 Å². The molecule has 1 saturated carbocycles. The van der Waals surface area contributed by atoms with Crippen molar-refractivity contribution in [2.45, 2.75) is 50.3 Å². The smallest absolute Gasteiger partial charge is 0.348 e. The quantitative estimate of drug-likeness (QED) is 0.714. The number of aliphatic hydroxyl groups excluding tert-OH is 1. The highest BCUT2D eigenvalue weighted by atomic mass is 32.2. The lowest BCUT2D eigenvalue weighted by Crippen LogP contribution is -2.42. The summed E-state index contributed by atoms with van der Waals surface area (Å²) in [6.07, 6.45) is 2.50. The molecule has 2 heterocycles. The third-order valence-electron chi connectivity index (χ3n) is 6.42. The summed E-state index contributed by atoms with van der Waals surface area (Å²) >= 11 is 1.62. The second-order valence-corrected chi connectivity index (χ2v) is 9.42. The van der Waals surface area contributed by atoms with Crippen molar-refractivity contribution in [1.29, 1.82) is 0 Å². The Morgan fingerprint density at radius 1 is 1.23 bits per heavy atom. The monoisotopic (exact) mass is 443 g/mol. The van der Waals surface area contributed by atoms with E-state index in [-0.39, 0.29) is 36.1 Å². The van der Waals surface area contributed by atoms with Crippen molar-refractivity contribution in [2.75, 3.05) is 19.3 Å². The van der Waals surface area contributed by atoms with Crippen molar-refractivity contribution >= 4 is 17.7 Å². The number of fused-ring (bicyclic) bond motifs is 1. The first kappa shape index (κ1) is 21.9. The number of carbonyl (C=O) groups excluding carboxylic acids is 1. The Labute approximate surface area is 186 Å². The Balaban J connectivity index is 1.42. The lowest BCUT2D eigenvalue weighted by molar-refractivity contribution is -0.131. The van der Waals surface area contributed by atoms with Crippen LogP contribution in [0.4, 0.5) is 0 Å². The molecule has 31 heavy (non-hydrogen) atoms. The third-order valence-corrected chi connectivity index (χ3v) is 7.20. The minimum absolute atomic E-state index is 0.000960. The highest BCUT2D eigenvalue weighted by Crippen LogP contribution is 2.39. The Morgan fingerprint density at radius 3 is 2.65 bits per heavy atom. The number of para-hydroxylation sites is 1. The summed E-state index contributed by atoms with van der Waals surface area (Å²) in [5, 5.41) is 10.7. The van der Waals surface area contributed by atoms with Crippen LogP contribution in [0.1, 0.15) is 24.2 Å². The van der Waals surface area contributed by atoms with Crippen LogP contribution in [0.25, 0.3) is 0 Å². The highest BCUT2D eigenvalue weighted by molar-refractivity contribution is 7.98. The number of aryl methyl sites for hydroxylation is 2. The van der Waals surface area contributed by atoms with E-state index < -0.39 is 6.10 Å². The Morgan fingerprint density at radius 2 is 1.94 bits per heavy atom. The predicted octanol–water partition coefficient (Wildman–Crippen LogP) is 2.26. The van der Waals surface area contributed by atoms with Gasteiger partial charge in [0.15, 0.2) is 0 Å². The van der Waals surface area contributed by atoms with Gasteiger partial charge >= 0.3 is 5.69 Å². The molecule has 1 aliphatic heterocycles. The minimum atomic E-state index is -0.558. The van der Waals surface area contributed by atoms with E-state index in [2.05, 4.69) is 4.98 Å². The van der Waals surface area contributed by atoms with Crippen molar-refractivity contribution in [1.82, 2.24) is 14.5 Å². The summed E-state index contributed by atoms with van der Waals surface area (Å²) in [5.41, 5.74) is 0.999. The van der Waals surface area contributed by atoms with Crippen LogP contribution in [0, 0.1) is 25.7 Å². The molecule has 1 aliphatic carbocycles. The number of benzene rings is 1. The number of likely N-dealkylation sites (tertiary alicyclic amines) is 1. The van der Waals surface area contributed by atoms with Crippen molar-refractivity contribution in [3.8, 4) is 5.75 Å². The molecule has 0 bridgehead atoms. The van der Waals surface area contributed by atoms with E-state index in [0.29, 0.717) is 31.6 Å². The maximum absolute atomic E-state index is 12.9. The molecule has 0 spiro atoms. The van der Waals surface area contributed by atoms with Gasteiger partial charge in [0.2, 0.25) is 5.91 Å². The number of amides is 1. The lowest BCUT2D eigenvalue weighted by Gasteiger charge is -2.35. The minimum Gasteiger partial charge on any atom is -0.487 e. The summed E-state index contributed by atoms with van der Waals surface area (Å²) in [6, 6.07) is 9.67. The van der Waals surface area contributed by atoms with Crippen LogP contribution in [0.3, 0.4) is 0 Å². The van der Waals surface area contributed by atoms with Gasteiger partial charge in [-0.15, -0.1) is 11.8 Å². The molecule has 2 aliphatic rings. The van der Waals surface area contributed by atoms with E-state index >= 15 is 0 Å². The SMILES string of the molecule is CSc1ccccc1O[C@@H]1C[C@@H]2CN(C(=O)Cn3c(C)cc(C)nc3=O)C[C@@H]2C[C@H]1O.